The van der Waals surface area contributed by atoms with Crippen LogP contribution in [0.3, 0.4) is 0 Å². The van der Waals surface area contributed by atoms with E-state index >= 15 is 0 Å². The average Bonchev–Trinajstić information content (AvgIpc) is 3.04. The number of thiazole rings is 1. The molecule has 0 fully saturated rings. The van der Waals surface area contributed by atoms with E-state index in [0.29, 0.717) is 30.0 Å². The second-order valence-electron chi connectivity index (χ2n) is 6.08. The molecule has 0 saturated heterocycles. The van der Waals surface area contributed by atoms with Crippen LogP contribution in [-0.2, 0) is 16.0 Å². The van der Waals surface area contributed by atoms with E-state index in [1.165, 1.54) is 0 Å². The summed E-state index contributed by atoms with van der Waals surface area (Å²) in [4.78, 5) is 28.5. The molecule has 1 aliphatic rings. The third kappa shape index (κ3) is 3.39. The molecule has 1 aromatic heterocycles. The minimum Gasteiger partial charge on any atom is -0.479 e. The molecule has 0 aliphatic carbocycles. The van der Waals surface area contributed by atoms with Crippen molar-refractivity contribution in [3.05, 3.63) is 47.5 Å². The summed E-state index contributed by atoms with van der Waals surface area (Å²) in [6.45, 7) is 1.69. The fraction of sp³-hybridized carbons (Fsp3) is 0.211. The van der Waals surface area contributed by atoms with Crippen molar-refractivity contribution >= 4 is 44.7 Å². The number of rotatable bonds is 4. The monoisotopic (exact) mass is 367 g/mol. The number of para-hydroxylation sites is 1. The van der Waals surface area contributed by atoms with Gasteiger partial charge in [-0.1, -0.05) is 12.1 Å². The Labute approximate surface area is 154 Å². The maximum atomic E-state index is 12.2. The van der Waals surface area contributed by atoms with Gasteiger partial charge in [0, 0.05) is 18.5 Å². The first-order chi connectivity index (χ1) is 12.6. The second kappa shape index (κ2) is 6.76. The lowest BCUT2D eigenvalue weighted by molar-refractivity contribution is -0.122. The molecule has 0 unspecified atom stereocenters. The quantitative estimate of drug-likeness (QED) is 0.738. The predicted molar refractivity (Wildman–Crippen MR) is 102 cm³/mol. The molecule has 0 bridgehead atoms. The molecule has 1 atom stereocenters. The Bertz CT molecular complexity index is 966. The number of carbonyl (C=O) groups is 2. The van der Waals surface area contributed by atoms with Gasteiger partial charge in [0.05, 0.1) is 20.9 Å². The maximum absolute atomic E-state index is 12.2. The highest BCUT2D eigenvalue weighted by Gasteiger charge is 2.23. The van der Waals surface area contributed by atoms with E-state index in [2.05, 4.69) is 15.6 Å². The minimum absolute atomic E-state index is 0.0966. The highest BCUT2D eigenvalue weighted by atomic mass is 32.1. The first-order valence-electron chi connectivity index (χ1n) is 8.34. The fourth-order valence-corrected chi connectivity index (χ4v) is 3.72. The number of aromatic nitrogens is 1. The van der Waals surface area contributed by atoms with E-state index in [1.54, 1.807) is 36.5 Å². The molecule has 1 aliphatic heterocycles. The maximum Gasteiger partial charge on any atom is 0.265 e. The van der Waals surface area contributed by atoms with Crippen LogP contribution in [0.15, 0.2) is 42.5 Å². The molecule has 26 heavy (non-hydrogen) atoms. The number of hydrogen-bond acceptors (Lipinski definition) is 5. The minimum atomic E-state index is -0.517. The topological polar surface area (TPSA) is 80.3 Å². The Morgan fingerprint density at radius 1 is 1.31 bits per heavy atom. The summed E-state index contributed by atoms with van der Waals surface area (Å²) < 4.78 is 6.63. The molecule has 7 heteroatoms. The van der Waals surface area contributed by atoms with E-state index < -0.39 is 6.10 Å². The van der Waals surface area contributed by atoms with Crippen molar-refractivity contribution in [2.75, 3.05) is 10.6 Å². The molecule has 2 heterocycles. The Morgan fingerprint density at radius 3 is 3.00 bits per heavy atom. The molecule has 2 aromatic carbocycles. The largest absolute Gasteiger partial charge is 0.479 e. The highest BCUT2D eigenvalue weighted by Crippen LogP contribution is 2.32. The number of nitrogens with zero attached hydrogens (tertiary/aromatic N) is 1. The Balaban J connectivity index is 1.39. The zero-order chi connectivity index (χ0) is 18.1. The fourth-order valence-electron chi connectivity index (χ4n) is 2.76. The smallest absolute Gasteiger partial charge is 0.265 e. The molecule has 132 valence electrons. The number of ether oxygens (including phenoxy) is 1. The third-order valence-electron chi connectivity index (χ3n) is 4.10. The van der Waals surface area contributed by atoms with Crippen molar-refractivity contribution in [1.82, 2.24) is 4.98 Å². The first-order valence-corrected chi connectivity index (χ1v) is 9.16. The van der Waals surface area contributed by atoms with Crippen LogP contribution in [-0.4, -0.2) is 22.9 Å². The van der Waals surface area contributed by atoms with Crippen LogP contribution in [0.1, 0.15) is 18.4 Å². The Morgan fingerprint density at radius 2 is 2.15 bits per heavy atom. The number of amides is 2. The van der Waals surface area contributed by atoms with Crippen molar-refractivity contribution < 1.29 is 14.3 Å². The van der Waals surface area contributed by atoms with E-state index in [1.807, 2.05) is 24.3 Å². The van der Waals surface area contributed by atoms with Gasteiger partial charge in [-0.05, 0) is 37.3 Å². The Kier molecular flexibility index (Phi) is 4.30. The van der Waals surface area contributed by atoms with Gasteiger partial charge in [-0.2, -0.15) is 0 Å². The molecular formula is C19H17N3O3S. The molecular weight excluding hydrogens is 350 g/mol. The van der Waals surface area contributed by atoms with E-state index in [9.17, 15) is 9.59 Å². The number of fused-ring (bicyclic) bond motifs is 2. The molecule has 2 N–H and O–H groups in total. The number of benzene rings is 2. The van der Waals surface area contributed by atoms with Crippen molar-refractivity contribution in [2.45, 2.75) is 25.9 Å². The first kappa shape index (κ1) is 16.5. The molecule has 4 rings (SSSR count). The van der Waals surface area contributed by atoms with Gasteiger partial charge in [0.1, 0.15) is 5.75 Å². The summed E-state index contributed by atoms with van der Waals surface area (Å²) in [5, 5.41) is 6.57. The van der Waals surface area contributed by atoms with Gasteiger partial charge in [-0.25, -0.2) is 4.98 Å². The molecule has 3 aromatic rings. The number of nitrogens with one attached hydrogen (secondary N) is 2. The number of hydrogen-bond donors (Lipinski definition) is 2. The van der Waals surface area contributed by atoms with Crippen LogP contribution in [0, 0.1) is 0 Å². The summed E-state index contributed by atoms with van der Waals surface area (Å²) in [7, 11) is 0. The van der Waals surface area contributed by atoms with Gasteiger partial charge in [0.2, 0.25) is 5.91 Å². The van der Waals surface area contributed by atoms with Crippen LogP contribution >= 0.6 is 11.3 Å². The van der Waals surface area contributed by atoms with E-state index in [4.69, 9.17) is 4.74 Å². The summed E-state index contributed by atoms with van der Waals surface area (Å²) in [6.07, 6.45) is 0.418. The summed E-state index contributed by atoms with van der Waals surface area (Å²) in [5.74, 6) is 0.307. The van der Waals surface area contributed by atoms with Gasteiger partial charge >= 0.3 is 0 Å². The zero-order valence-electron chi connectivity index (χ0n) is 14.1. The van der Waals surface area contributed by atoms with E-state index in [0.717, 1.165) is 15.2 Å². The zero-order valence-corrected chi connectivity index (χ0v) is 14.9. The lowest BCUT2D eigenvalue weighted by Gasteiger charge is -2.23. The molecule has 6 nitrogen and oxygen atoms in total. The average molecular weight is 367 g/mol. The summed E-state index contributed by atoms with van der Waals surface area (Å²) in [6, 6.07) is 13.1. The van der Waals surface area contributed by atoms with Crippen LogP contribution in [0.2, 0.25) is 0 Å². The second-order valence-corrected chi connectivity index (χ2v) is 7.20. The summed E-state index contributed by atoms with van der Waals surface area (Å²) >= 11 is 1.61. The van der Waals surface area contributed by atoms with Crippen molar-refractivity contribution in [3.8, 4) is 5.75 Å². The number of carbonyl (C=O) groups excluding carboxylic acids is 2. The van der Waals surface area contributed by atoms with Gasteiger partial charge in [0.15, 0.2) is 6.10 Å². The SMILES string of the molecule is C[C@H]1Oc2ccc(NC(=O)CCc3nc4ccccc4s3)cc2NC1=O. The van der Waals surface area contributed by atoms with Crippen LogP contribution < -0.4 is 15.4 Å². The highest BCUT2D eigenvalue weighted by molar-refractivity contribution is 7.18. The molecule has 0 spiro atoms. The standard InChI is InChI=1S/C19H17N3O3S/c1-11-19(24)22-14-10-12(6-7-15(14)25-11)20-17(23)8-9-18-21-13-4-2-3-5-16(13)26-18/h2-7,10-11H,8-9H2,1H3,(H,20,23)(H,22,24)/t11-/m1/s1. The van der Waals surface area contributed by atoms with Crippen molar-refractivity contribution in [3.63, 3.8) is 0 Å². The molecule has 0 saturated carbocycles. The van der Waals surface area contributed by atoms with E-state index in [-0.39, 0.29) is 11.8 Å². The summed E-state index contributed by atoms with van der Waals surface area (Å²) in [5.41, 5.74) is 2.15. The van der Waals surface area contributed by atoms with Gasteiger partial charge in [0.25, 0.3) is 5.91 Å². The van der Waals surface area contributed by atoms with Gasteiger partial charge in [-0.15, -0.1) is 11.3 Å². The third-order valence-corrected chi connectivity index (χ3v) is 5.19. The van der Waals surface area contributed by atoms with Crippen LogP contribution in [0.4, 0.5) is 11.4 Å². The van der Waals surface area contributed by atoms with Crippen LogP contribution in [0.5, 0.6) is 5.75 Å². The van der Waals surface area contributed by atoms with Gasteiger partial charge < -0.3 is 15.4 Å². The Hall–Kier alpha value is -2.93. The predicted octanol–water partition coefficient (Wildman–Crippen LogP) is 3.59. The molecule has 2 amide bonds. The molecule has 0 radical (unpaired) electrons. The number of anilines is 2. The lowest BCUT2D eigenvalue weighted by Crippen LogP contribution is -2.34. The van der Waals surface area contributed by atoms with Crippen LogP contribution in [0.25, 0.3) is 10.2 Å². The lowest BCUT2D eigenvalue weighted by atomic mass is 10.2. The number of aryl methyl sites for hydroxylation is 1. The normalized spacial score (nSPS) is 15.9. The van der Waals surface area contributed by atoms with Crippen molar-refractivity contribution in [1.29, 1.82) is 0 Å². The van der Waals surface area contributed by atoms with Gasteiger partial charge in [-0.3, -0.25) is 9.59 Å². The van der Waals surface area contributed by atoms with Crippen molar-refractivity contribution in [2.24, 2.45) is 0 Å².